The lowest BCUT2D eigenvalue weighted by Crippen LogP contribution is -2.49. The van der Waals surface area contributed by atoms with Crippen molar-refractivity contribution in [1.29, 1.82) is 0 Å². The Balaban J connectivity index is 0.00000242. The van der Waals surface area contributed by atoms with Crippen molar-refractivity contribution in [2.75, 3.05) is 46.3 Å². The number of nitrogens with one attached hydrogen (secondary N) is 2. The Morgan fingerprint density at radius 2 is 1.73 bits per heavy atom. The van der Waals surface area contributed by atoms with Gasteiger partial charge in [0, 0.05) is 32.7 Å². The zero-order chi connectivity index (χ0) is 15.1. The van der Waals surface area contributed by atoms with Gasteiger partial charge in [0.15, 0.2) is 0 Å². The van der Waals surface area contributed by atoms with E-state index in [1.54, 1.807) is 0 Å². The summed E-state index contributed by atoms with van der Waals surface area (Å²) in [6, 6.07) is 0.125. The molecule has 2 aliphatic rings. The van der Waals surface area contributed by atoms with E-state index in [0.29, 0.717) is 13.1 Å². The topological polar surface area (TPSA) is 64.7 Å². The maximum atomic E-state index is 12.4. The number of nitrogens with zero attached hydrogens (tertiary/aromatic N) is 2. The van der Waals surface area contributed by atoms with Crippen LogP contribution in [0.1, 0.15) is 32.1 Å². The molecule has 2 heterocycles. The Bertz CT molecular complexity index is 361. The Morgan fingerprint density at radius 3 is 2.41 bits per heavy atom. The average Bonchev–Trinajstić information content (AvgIpc) is 3.05. The van der Waals surface area contributed by atoms with Crippen LogP contribution in [0.15, 0.2) is 0 Å². The lowest BCUT2D eigenvalue weighted by molar-refractivity contribution is -0.126. The summed E-state index contributed by atoms with van der Waals surface area (Å²) < 4.78 is 0. The van der Waals surface area contributed by atoms with E-state index < -0.39 is 0 Å². The Labute approximate surface area is 139 Å². The van der Waals surface area contributed by atoms with Crippen molar-refractivity contribution in [2.45, 2.75) is 32.1 Å². The van der Waals surface area contributed by atoms with Gasteiger partial charge >= 0.3 is 6.03 Å². The molecular weight excluding hydrogens is 304 g/mol. The zero-order valence-corrected chi connectivity index (χ0v) is 14.3. The molecule has 0 aliphatic carbocycles. The molecule has 0 spiro atoms. The van der Waals surface area contributed by atoms with Gasteiger partial charge in [-0.1, -0.05) is 0 Å². The molecular formula is C15H29ClN4O2. The number of amides is 3. The van der Waals surface area contributed by atoms with Gasteiger partial charge in [-0.05, 0) is 45.7 Å². The van der Waals surface area contributed by atoms with Gasteiger partial charge in [-0.25, -0.2) is 4.79 Å². The third-order valence-electron chi connectivity index (χ3n) is 4.34. The van der Waals surface area contributed by atoms with Crippen molar-refractivity contribution in [3.8, 4) is 0 Å². The molecule has 128 valence electrons. The van der Waals surface area contributed by atoms with Gasteiger partial charge < -0.3 is 20.4 Å². The molecule has 0 radical (unpaired) electrons. The number of piperidine rings is 1. The third-order valence-corrected chi connectivity index (χ3v) is 4.34. The second-order valence-corrected chi connectivity index (χ2v) is 6.01. The van der Waals surface area contributed by atoms with Gasteiger partial charge in [-0.15, -0.1) is 12.4 Å². The SMILES string of the molecule is CNCCCNC(=O)C1CCCN(C(=O)N2CCCC2)C1.Cl. The second kappa shape index (κ2) is 9.90. The van der Waals surface area contributed by atoms with Crippen LogP contribution in [0.5, 0.6) is 0 Å². The molecule has 0 saturated carbocycles. The first-order chi connectivity index (χ1) is 10.2. The number of hydrogen-bond acceptors (Lipinski definition) is 3. The minimum Gasteiger partial charge on any atom is -0.356 e. The van der Waals surface area contributed by atoms with E-state index in [-0.39, 0.29) is 30.3 Å². The highest BCUT2D eigenvalue weighted by Crippen LogP contribution is 2.19. The molecule has 2 aliphatic heterocycles. The number of carbonyl (C=O) groups excluding carboxylic acids is 2. The highest BCUT2D eigenvalue weighted by molar-refractivity contribution is 5.85. The minimum atomic E-state index is -0.0418. The minimum absolute atomic E-state index is 0. The lowest BCUT2D eigenvalue weighted by Gasteiger charge is -2.34. The van der Waals surface area contributed by atoms with E-state index in [0.717, 1.165) is 58.3 Å². The zero-order valence-electron chi connectivity index (χ0n) is 13.5. The van der Waals surface area contributed by atoms with E-state index in [4.69, 9.17) is 0 Å². The van der Waals surface area contributed by atoms with Gasteiger partial charge in [0.1, 0.15) is 0 Å². The van der Waals surface area contributed by atoms with Crippen LogP contribution in [0.2, 0.25) is 0 Å². The fourth-order valence-corrected chi connectivity index (χ4v) is 3.09. The smallest absolute Gasteiger partial charge is 0.320 e. The summed E-state index contributed by atoms with van der Waals surface area (Å²) in [6.07, 6.45) is 4.96. The number of carbonyl (C=O) groups is 2. The van der Waals surface area contributed by atoms with Gasteiger partial charge in [-0.3, -0.25) is 4.79 Å². The number of urea groups is 1. The van der Waals surface area contributed by atoms with Gasteiger partial charge in [0.25, 0.3) is 0 Å². The summed E-state index contributed by atoms with van der Waals surface area (Å²) in [7, 11) is 1.91. The predicted octanol–water partition coefficient (Wildman–Crippen LogP) is 1.06. The van der Waals surface area contributed by atoms with Crippen LogP contribution in [-0.4, -0.2) is 68.1 Å². The fraction of sp³-hybridized carbons (Fsp3) is 0.867. The summed E-state index contributed by atoms with van der Waals surface area (Å²) in [6.45, 7) is 4.72. The fourth-order valence-electron chi connectivity index (χ4n) is 3.09. The maximum absolute atomic E-state index is 12.4. The molecule has 7 heteroatoms. The third kappa shape index (κ3) is 5.32. The van der Waals surface area contributed by atoms with Crippen LogP contribution in [0, 0.1) is 5.92 Å². The van der Waals surface area contributed by atoms with E-state index in [9.17, 15) is 9.59 Å². The first-order valence-corrected chi connectivity index (χ1v) is 8.18. The largest absolute Gasteiger partial charge is 0.356 e. The Kier molecular flexibility index (Phi) is 8.56. The molecule has 2 rings (SSSR count). The van der Waals surface area contributed by atoms with Gasteiger partial charge in [0.05, 0.1) is 5.92 Å². The molecule has 1 unspecified atom stereocenters. The molecule has 22 heavy (non-hydrogen) atoms. The molecule has 0 aromatic heterocycles. The van der Waals surface area contributed by atoms with Crippen LogP contribution in [0.4, 0.5) is 4.79 Å². The molecule has 6 nitrogen and oxygen atoms in total. The molecule has 1 atom stereocenters. The van der Waals surface area contributed by atoms with Crippen LogP contribution in [-0.2, 0) is 4.79 Å². The van der Waals surface area contributed by atoms with Gasteiger partial charge in [0.2, 0.25) is 5.91 Å². The molecule has 2 saturated heterocycles. The lowest BCUT2D eigenvalue weighted by atomic mass is 9.97. The highest BCUT2D eigenvalue weighted by atomic mass is 35.5. The summed E-state index contributed by atoms with van der Waals surface area (Å²) in [5, 5.41) is 6.05. The quantitative estimate of drug-likeness (QED) is 0.740. The number of hydrogen-bond donors (Lipinski definition) is 2. The van der Waals surface area contributed by atoms with E-state index in [2.05, 4.69) is 10.6 Å². The summed E-state index contributed by atoms with van der Waals surface area (Å²) in [4.78, 5) is 28.3. The first-order valence-electron chi connectivity index (χ1n) is 8.18. The highest BCUT2D eigenvalue weighted by Gasteiger charge is 2.31. The first kappa shape index (κ1) is 19.0. The van der Waals surface area contributed by atoms with Crippen molar-refractivity contribution in [3.63, 3.8) is 0 Å². The van der Waals surface area contributed by atoms with Crippen molar-refractivity contribution >= 4 is 24.3 Å². The predicted molar refractivity (Wildman–Crippen MR) is 89.3 cm³/mol. The van der Waals surface area contributed by atoms with Crippen molar-refractivity contribution in [1.82, 2.24) is 20.4 Å². The monoisotopic (exact) mass is 332 g/mol. The summed E-state index contributed by atoms with van der Waals surface area (Å²) >= 11 is 0. The molecule has 3 amide bonds. The second-order valence-electron chi connectivity index (χ2n) is 6.01. The van der Waals surface area contributed by atoms with Crippen LogP contribution >= 0.6 is 12.4 Å². The number of halogens is 1. The van der Waals surface area contributed by atoms with Crippen LogP contribution in [0.25, 0.3) is 0 Å². The molecule has 0 aromatic carbocycles. The Morgan fingerprint density at radius 1 is 1.05 bits per heavy atom. The van der Waals surface area contributed by atoms with E-state index in [1.165, 1.54) is 0 Å². The van der Waals surface area contributed by atoms with E-state index in [1.807, 2.05) is 16.8 Å². The standard InChI is InChI=1S/C15H28N4O2.ClH/c1-16-7-5-8-17-14(20)13-6-4-11-19(12-13)15(21)18-9-2-3-10-18;/h13,16H,2-12H2,1H3,(H,17,20);1H. The maximum Gasteiger partial charge on any atom is 0.320 e. The van der Waals surface area contributed by atoms with E-state index >= 15 is 0 Å². The molecule has 0 bridgehead atoms. The summed E-state index contributed by atoms with van der Waals surface area (Å²) in [5.41, 5.74) is 0. The van der Waals surface area contributed by atoms with Crippen molar-refractivity contribution in [2.24, 2.45) is 5.92 Å². The molecule has 2 N–H and O–H groups in total. The van der Waals surface area contributed by atoms with Gasteiger partial charge in [-0.2, -0.15) is 0 Å². The van der Waals surface area contributed by atoms with Crippen LogP contribution in [0.3, 0.4) is 0 Å². The normalized spacial score (nSPS) is 21.4. The number of rotatable bonds is 5. The van der Waals surface area contributed by atoms with Crippen LogP contribution < -0.4 is 10.6 Å². The molecule has 0 aromatic rings. The molecule has 2 fully saturated rings. The summed E-state index contributed by atoms with van der Waals surface area (Å²) in [5.74, 6) is 0.0601. The van der Waals surface area contributed by atoms with Crippen molar-refractivity contribution in [3.05, 3.63) is 0 Å². The van der Waals surface area contributed by atoms with Crippen molar-refractivity contribution < 1.29 is 9.59 Å². The number of likely N-dealkylation sites (tertiary alicyclic amines) is 2. The Hall–Kier alpha value is -1.01. The average molecular weight is 333 g/mol.